The van der Waals surface area contributed by atoms with Gasteiger partial charge >= 0.3 is 0 Å². The topological polar surface area (TPSA) is 66.5 Å². The molecule has 1 fully saturated rings. The maximum atomic E-state index is 13.1. The number of hydrogen-bond acceptors (Lipinski definition) is 3. The minimum Gasteiger partial charge on any atom is -0.345 e. The fourth-order valence-electron chi connectivity index (χ4n) is 4.14. The standard InChI is InChI=1S/C26H28N2O3S/c29-26(23-15-8-16-24(20-23)28-18-9-19-32(28,30)31)27-25(22-13-5-2-6-14-22)17-7-12-21-10-3-1-4-11-21/h1-6,8,10-11,13-16,20,25H,7,9,12,17-19H2,(H,27,29). The van der Waals surface area contributed by atoms with Crippen molar-refractivity contribution in [2.24, 2.45) is 0 Å². The van der Waals surface area contributed by atoms with Crippen LogP contribution in [0.5, 0.6) is 0 Å². The molecule has 5 nitrogen and oxygen atoms in total. The van der Waals surface area contributed by atoms with Crippen molar-refractivity contribution >= 4 is 21.6 Å². The highest BCUT2D eigenvalue weighted by molar-refractivity contribution is 7.93. The van der Waals surface area contributed by atoms with Crippen LogP contribution in [-0.2, 0) is 16.4 Å². The molecule has 0 aliphatic carbocycles. The summed E-state index contributed by atoms with van der Waals surface area (Å²) in [5.74, 6) is -0.0435. The Hall–Kier alpha value is -3.12. The van der Waals surface area contributed by atoms with Gasteiger partial charge in [0.15, 0.2) is 0 Å². The van der Waals surface area contributed by atoms with Gasteiger partial charge in [-0.15, -0.1) is 0 Å². The highest BCUT2D eigenvalue weighted by Crippen LogP contribution is 2.26. The summed E-state index contributed by atoms with van der Waals surface area (Å²) in [6.07, 6.45) is 3.30. The molecule has 1 saturated heterocycles. The molecule has 1 heterocycles. The Morgan fingerprint density at radius 1 is 0.938 bits per heavy atom. The molecule has 0 radical (unpaired) electrons. The average Bonchev–Trinajstić information content (AvgIpc) is 3.18. The van der Waals surface area contributed by atoms with Crippen molar-refractivity contribution in [1.29, 1.82) is 0 Å². The van der Waals surface area contributed by atoms with E-state index in [0.29, 0.717) is 24.2 Å². The van der Waals surface area contributed by atoms with E-state index in [1.807, 2.05) is 48.5 Å². The Kier molecular flexibility index (Phi) is 6.90. The molecule has 1 atom stereocenters. The van der Waals surface area contributed by atoms with Crippen LogP contribution in [0.15, 0.2) is 84.9 Å². The van der Waals surface area contributed by atoms with Crippen LogP contribution in [0.25, 0.3) is 0 Å². The van der Waals surface area contributed by atoms with E-state index in [9.17, 15) is 13.2 Å². The molecule has 4 rings (SSSR count). The van der Waals surface area contributed by atoms with Crippen molar-refractivity contribution in [1.82, 2.24) is 5.32 Å². The molecular formula is C26H28N2O3S. The number of amides is 1. The van der Waals surface area contributed by atoms with Crippen LogP contribution in [0.1, 0.15) is 46.8 Å². The van der Waals surface area contributed by atoms with E-state index >= 15 is 0 Å². The molecule has 0 spiro atoms. The second-order valence-electron chi connectivity index (χ2n) is 8.11. The number of carbonyl (C=O) groups excluding carboxylic acids is 1. The summed E-state index contributed by atoms with van der Waals surface area (Å²) >= 11 is 0. The Balaban J connectivity index is 1.48. The molecule has 0 saturated carbocycles. The molecule has 3 aromatic rings. The van der Waals surface area contributed by atoms with E-state index in [-0.39, 0.29) is 17.7 Å². The van der Waals surface area contributed by atoms with Gasteiger partial charge in [-0.3, -0.25) is 9.10 Å². The largest absolute Gasteiger partial charge is 0.345 e. The number of aryl methyl sites for hydroxylation is 1. The zero-order valence-electron chi connectivity index (χ0n) is 18.0. The number of nitrogens with zero attached hydrogens (tertiary/aromatic N) is 1. The second-order valence-corrected chi connectivity index (χ2v) is 10.1. The lowest BCUT2D eigenvalue weighted by atomic mass is 9.98. The summed E-state index contributed by atoms with van der Waals surface area (Å²) in [4.78, 5) is 13.1. The third kappa shape index (κ3) is 5.37. The summed E-state index contributed by atoms with van der Waals surface area (Å²) in [6, 6.07) is 27.1. The number of carbonyl (C=O) groups is 1. The van der Waals surface area contributed by atoms with Crippen molar-refractivity contribution in [2.75, 3.05) is 16.6 Å². The molecule has 166 valence electrons. The fraction of sp³-hybridized carbons (Fsp3) is 0.269. The summed E-state index contributed by atoms with van der Waals surface area (Å²) in [5.41, 5.74) is 3.36. The first-order valence-electron chi connectivity index (χ1n) is 11.0. The lowest BCUT2D eigenvalue weighted by Crippen LogP contribution is -2.29. The Morgan fingerprint density at radius 2 is 1.66 bits per heavy atom. The molecule has 6 heteroatoms. The fourth-order valence-corrected chi connectivity index (χ4v) is 5.69. The third-order valence-electron chi connectivity index (χ3n) is 5.80. The monoisotopic (exact) mass is 448 g/mol. The van der Waals surface area contributed by atoms with E-state index in [1.54, 1.807) is 24.3 Å². The summed E-state index contributed by atoms with van der Waals surface area (Å²) in [7, 11) is -3.29. The van der Waals surface area contributed by atoms with Crippen LogP contribution in [-0.4, -0.2) is 26.6 Å². The Morgan fingerprint density at radius 3 is 2.34 bits per heavy atom. The Bertz CT molecular complexity index is 1150. The molecule has 0 aromatic heterocycles. The predicted molar refractivity (Wildman–Crippen MR) is 128 cm³/mol. The summed E-state index contributed by atoms with van der Waals surface area (Å²) < 4.78 is 25.9. The number of sulfonamides is 1. The molecule has 3 aromatic carbocycles. The molecular weight excluding hydrogens is 420 g/mol. The van der Waals surface area contributed by atoms with Gasteiger partial charge in [0.25, 0.3) is 5.91 Å². The van der Waals surface area contributed by atoms with Gasteiger partial charge in [-0.2, -0.15) is 0 Å². The summed E-state index contributed by atoms with van der Waals surface area (Å²) in [6.45, 7) is 0.458. The molecule has 0 bridgehead atoms. The van der Waals surface area contributed by atoms with Gasteiger partial charge < -0.3 is 5.32 Å². The first-order chi connectivity index (χ1) is 15.5. The number of hydrogen-bond donors (Lipinski definition) is 1. The number of benzene rings is 3. The second kappa shape index (κ2) is 10.0. The molecule has 1 aliphatic rings. The van der Waals surface area contributed by atoms with Crippen LogP contribution in [0.2, 0.25) is 0 Å². The van der Waals surface area contributed by atoms with Gasteiger partial charge in [-0.1, -0.05) is 66.7 Å². The van der Waals surface area contributed by atoms with E-state index in [0.717, 1.165) is 24.8 Å². The van der Waals surface area contributed by atoms with Gasteiger partial charge in [0.2, 0.25) is 10.0 Å². The number of nitrogens with one attached hydrogen (secondary N) is 1. The molecule has 32 heavy (non-hydrogen) atoms. The average molecular weight is 449 g/mol. The quantitative estimate of drug-likeness (QED) is 0.542. The zero-order chi connectivity index (χ0) is 22.4. The lowest BCUT2D eigenvalue weighted by molar-refractivity contribution is 0.0934. The van der Waals surface area contributed by atoms with Gasteiger partial charge in [0.05, 0.1) is 17.5 Å². The van der Waals surface area contributed by atoms with Crippen molar-refractivity contribution in [3.63, 3.8) is 0 Å². The van der Waals surface area contributed by atoms with Crippen LogP contribution in [0.4, 0.5) is 5.69 Å². The SMILES string of the molecule is O=C(NC(CCCc1ccccc1)c1ccccc1)c1cccc(N2CCCS2(=O)=O)c1. The lowest BCUT2D eigenvalue weighted by Gasteiger charge is -2.21. The van der Waals surface area contributed by atoms with Crippen molar-refractivity contribution < 1.29 is 13.2 Å². The smallest absolute Gasteiger partial charge is 0.251 e. The van der Waals surface area contributed by atoms with E-state index in [1.165, 1.54) is 9.87 Å². The van der Waals surface area contributed by atoms with Crippen molar-refractivity contribution in [3.05, 3.63) is 102 Å². The normalized spacial score (nSPS) is 15.9. The molecule has 1 amide bonds. The maximum Gasteiger partial charge on any atom is 0.251 e. The summed E-state index contributed by atoms with van der Waals surface area (Å²) in [5, 5.41) is 3.17. The van der Waals surface area contributed by atoms with Gasteiger partial charge in [0.1, 0.15) is 0 Å². The van der Waals surface area contributed by atoms with Crippen LogP contribution in [0, 0.1) is 0 Å². The van der Waals surface area contributed by atoms with Gasteiger partial charge in [-0.05, 0) is 55.0 Å². The molecule has 1 aliphatic heterocycles. The van der Waals surface area contributed by atoms with Crippen molar-refractivity contribution in [3.8, 4) is 0 Å². The van der Waals surface area contributed by atoms with Crippen LogP contribution >= 0.6 is 0 Å². The Labute approximate surface area is 190 Å². The van der Waals surface area contributed by atoms with Crippen LogP contribution in [0.3, 0.4) is 0 Å². The number of anilines is 1. The molecule has 1 N–H and O–H groups in total. The van der Waals surface area contributed by atoms with Crippen molar-refractivity contribution in [2.45, 2.75) is 31.7 Å². The minimum atomic E-state index is -3.29. The van der Waals surface area contributed by atoms with Crippen LogP contribution < -0.4 is 9.62 Å². The number of rotatable bonds is 8. The molecule has 1 unspecified atom stereocenters. The van der Waals surface area contributed by atoms with Gasteiger partial charge in [0, 0.05) is 12.1 Å². The first-order valence-corrected chi connectivity index (χ1v) is 12.6. The highest BCUT2D eigenvalue weighted by Gasteiger charge is 2.28. The zero-order valence-corrected chi connectivity index (χ0v) is 18.8. The van der Waals surface area contributed by atoms with Gasteiger partial charge in [-0.25, -0.2) is 8.42 Å². The predicted octanol–water partition coefficient (Wildman–Crippen LogP) is 4.72. The van der Waals surface area contributed by atoms with E-state index < -0.39 is 10.0 Å². The third-order valence-corrected chi connectivity index (χ3v) is 7.67. The highest BCUT2D eigenvalue weighted by atomic mass is 32.2. The maximum absolute atomic E-state index is 13.1. The van der Waals surface area contributed by atoms with E-state index in [2.05, 4.69) is 17.4 Å². The minimum absolute atomic E-state index is 0.119. The van der Waals surface area contributed by atoms with E-state index in [4.69, 9.17) is 0 Å². The first kappa shape index (κ1) is 22.1.